The van der Waals surface area contributed by atoms with Gasteiger partial charge in [-0.25, -0.2) is 4.98 Å². The molecule has 0 unspecified atom stereocenters. The quantitative estimate of drug-likeness (QED) is 0.789. The van der Waals surface area contributed by atoms with Crippen LogP contribution in [0.5, 0.6) is 5.75 Å². The van der Waals surface area contributed by atoms with Crippen molar-refractivity contribution in [3.63, 3.8) is 0 Å². The van der Waals surface area contributed by atoms with Crippen molar-refractivity contribution in [2.45, 2.75) is 13.5 Å². The molecule has 0 saturated carbocycles. The van der Waals surface area contributed by atoms with Crippen LogP contribution in [0.15, 0.2) is 41.0 Å². The first-order chi connectivity index (χ1) is 10.1. The summed E-state index contributed by atoms with van der Waals surface area (Å²) in [6.45, 7) is 2.48. The summed E-state index contributed by atoms with van der Waals surface area (Å²) in [5, 5.41) is 0. The van der Waals surface area contributed by atoms with E-state index in [4.69, 9.17) is 15.5 Å². The predicted molar refractivity (Wildman–Crippen MR) is 87.5 cm³/mol. The van der Waals surface area contributed by atoms with Crippen LogP contribution < -0.4 is 10.5 Å². The van der Waals surface area contributed by atoms with Gasteiger partial charge in [-0.05, 0) is 58.7 Å². The van der Waals surface area contributed by atoms with E-state index in [1.807, 2.05) is 37.4 Å². The number of halogens is 1. The number of methoxy groups -OCH3 is 1. The number of hydrogen-bond donors (Lipinski definition) is 1. The van der Waals surface area contributed by atoms with Gasteiger partial charge in [-0.15, -0.1) is 0 Å². The summed E-state index contributed by atoms with van der Waals surface area (Å²) in [6, 6.07) is 9.93. The maximum atomic E-state index is 5.95. The van der Waals surface area contributed by atoms with E-state index >= 15 is 0 Å². The molecule has 0 aliphatic rings. The zero-order valence-electron chi connectivity index (χ0n) is 11.9. The van der Waals surface area contributed by atoms with E-state index in [-0.39, 0.29) is 0 Å². The van der Waals surface area contributed by atoms with Crippen LogP contribution in [0.4, 0.5) is 0 Å². The van der Waals surface area contributed by atoms with Crippen molar-refractivity contribution in [2.75, 3.05) is 7.11 Å². The van der Waals surface area contributed by atoms with E-state index in [9.17, 15) is 0 Å². The summed E-state index contributed by atoms with van der Waals surface area (Å²) >= 11 is 3.53. The van der Waals surface area contributed by atoms with Crippen LogP contribution in [0.3, 0.4) is 0 Å². The SMILES string of the molecule is COc1ccc(-c2nc3c(C)cc(Br)cn3c2CN)cc1. The van der Waals surface area contributed by atoms with Gasteiger partial charge in [0.2, 0.25) is 0 Å². The molecular formula is C16H16BrN3O. The summed E-state index contributed by atoms with van der Waals surface area (Å²) in [4.78, 5) is 4.77. The van der Waals surface area contributed by atoms with Crippen molar-refractivity contribution >= 4 is 21.6 Å². The number of ether oxygens (including phenoxy) is 1. The molecule has 0 radical (unpaired) electrons. The first-order valence-electron chi connectivity index (χ1n) is 6.65. The molecule has 0 saturated heterocycles. The molecule has 0 atom stereocenters. The molecule has 0 fully saturated rings. The van der Waals surface area contributed by atoms with Crippen molar-refractivity contribution in [3.8, 4) is 17.0 Å². The van der Waals surface area contributed by atoms with Crippen LogP contribution in [0.25, 0.3) is 16.9 Å². The van der Waals surface area contributed by atoms with E-state index in [1.54, 1.807) is 7.11 Å². The Morgan fingerprint density at radius 1 is 1.29 bits per heavy atom. The number of benzene rings is 1. The second kappa shape index (κ2) is 5.50. The minimum absolute atomic E-state index is 0.429. The lowest BCUT2D eigenvalue weighted by atomic mass is 10.1. The molecule has 0 aliphatic carbocycles. The van der Waals surface area contributed by atoms with Crippen molar-refractivity contribution in [1.29, 1.82) is 0 Å². The molecule has 0 amide bonds. The monoisotopic (exact) mass is 345 g/mol. The Morgan fingerprint density at radius 2 is 2.00 bits per heavy atom. The molecular weight excluding hydrogens is 330 g/mol. The van der Waals surface area contributed by atoms with Gasteiger partial charge in [0, 0.05) is 22.8 Å². The summed E-state index contributed by atoms with van der Waals surface area (Å²) in [5.74, 6) is 0.829. The molecule has 3 rings (SSSR count). The molecule has 1 aromatic carbocycles. The van der Waals surface area contributed by atoms with Crippen LogP contribution in [-0.4, -0.2) is 16.5 Å². The molecule has 4 nitrogen and oxygen atoms in total. The van der Waals surface area contributed by atoms with Gasteiger partial charge in [0.25, 0.3) is 0 Å². The maximum Gasteiger partial charge on any atom is 0.140 e. The Hall–Kier alpha value is -1.85. The van der Waals surface area contributed by atoms with E-state index < -0.39 is 0 Å². The zero-order chi connectivity index (χ0) is 15.0. The van der Waals surface area contributed by atoms with Gasteiger partial charge in [-0.3, -0.25) is 0 Å². The number of aryl methyl sites for hydroxylation is 1. The number of nitrogens with zero attached hydrogens (tertiary/aromatic N) is 2. The Kier molecular flexibility index (Phi) is 3.69. The standard InChI is InChI=1S/C16H16BrN3O/c1-10-7-12(17)9-20-14(8-18)15(19-16(10)20)11-3-5-13(21-2)6-4-11/h3-7,9H,8,18H2,1-2H3. The number of rotatable bonds is 3. The molecule has 2 N–H and O–H groups in total. The Labute approximate surface area is 131 Å². The van der Waals surface area contributed by atoms with Crippen molar-refractivity contribution in [2.24, 2.45) is 5.73 Å². The van der Waals surface area contributed by atoms with Crippen molar-refractivity contribution in [3.05, 3.63) is 52.3 Å². The highest BCUT2D eigenvalue weighted by atomic mass is 79.9. The van der Waals surface area contributed by atoms with Crippen LogP contribution >= 0.6 is 15.9 Å². The fourth-order valence-electron chi connectivity index (χ4n) is 2.49. The molecule has 0 bridgehead atoms. The molecule has 108 valence electrons. The number of fused-ring (bicyclic) bond motifs is 1. The molecule has 0 spiro atoms. The fourth-order valence-corrected chi connectivity index (χ4v) is 3.04. The lowest BCUT2D eigenvalue weighted by Gasteiger charge is -2.04. The second-order valence-corrected chi connectivity index (χ2v) is 5.79. The Balaban J connectivity index is 2.24. The highest BCUT2D eigenvalue weighted by Crippen LogP contribution is 2.28. The van der Waals surface area contributed by atoms with Crippen LogP contribution in [0, 0.1) is 6.92 Å². The lowest BCUT2D eigenvalue weighted by molar-refractivity contribution is 0.415. The van der Waals surface area contributed by atoms with E-state index in [0.29, 0.717) is 6.54 Å². The minimum atomic E-state index is 0.429. The number of imidazole rings is 1. The first-order valence-corrected chi connectivity index (χ1v) is 7.45. The van der Waals surface area contributed by atoms with Gasteiger partial charge in [-0.1, -0.05) is 0 Å². The fraction of sp³-hybridized carbons (Fsp3) is 0.188. The summed E-state index contributed by atoms with van der Waals surface area (Å²) in [5.41, 5.74) is 11.0. The number of hydrogen-bond acceptors (Lipinski definition) is 3. The zero-order valence-corrected chi connectivity index (χ0v) is 13.5. The molecule has 0 aliphatic heterocycles. The average molecular weight is 346 g/mol. The van der Waals surface area contributed by atoms with Crippen molar-refractivity contribution < 1.29 is 4.74 Å². The van der Waals surface area contributed by atoms with Crippen LogP contribution in [0.1, 0.15) is 11.3 Å². The third-order valence-corrected chi connectivity index (χ3v) is 3.96. The van der Waals surface area contributed by atoms with Gasteiger partial charge in [-0.2, -0.15) is 0 Å². The van der Waals surface area contributed by atoms with Crippen molar-refractivity contribution in [1.82, 2.24) is 9.38 Å². The van der Waals surface area contributed by atoms with Crippen LogP contribution in [-0.2, 0) is 6.54 Å². The molecule has 2 heterocycles. The van der Waals surface area contributed by atoms with Gasteiger partial charge in [0.1, 0.15) is 11.4 Å². The van der Waals surface area contributed by atoms with Gasteiger partial charge in [0.15, 0.2) is 0 Å². The lowest BCUT2D eigenvalue weighted by Crippen LogP contribution is -2.03. The molecule has 5 heteroatoms. The highest BCUT2D eigenvalue weighted by molar-refractivity contribution is 9.10. The maximum absolute atomic E-state index is 5.95. The van der Waals surface area contributed by atoms with Gasteiger partial charge in [0.05, 0.1) is 18.5 Å². The number of nitrogens with two attached hydrogens (primary N) is 1. The Morgan fingerprint density at radius 3 is 2.62 bits per heavy atom. The average Bonchev–Trinajstić information content (AvgIpc) is 2.86. The van der Waals surface area contributed by atoms with E-state index in [0.717, 1.165) is 38.4 Å². The number of aromatic nitrogens is 2. The highest BCUT2D eigenvalue weighted by Gasteiger charge is 2.14. The third kappa shape index (κ3) is 2.43. The predicted octanol–water partition coefficient (Wildman–Crippen LogP) is 3.54. The molecule has 3 aromatic rings. The molecule has 2 aromatic heterocycles. The summed E-state index contributed by atoms with van der Waals surface area (Å²) in [6.07, 6.45) is 2.00. The Bertz CT molecular complexity index is 793. The summed E-state index contributed by atoms with van der Waals surface area (Å²) < 4.78 is 8.27. The second-order valence-electron chi connectivity index (χ2n) is 4.87. The van der Waals surface area contributed by atoms with Crippen LogP contribution in [0.2, 0.25) is 0 Å². The van der Waals surface area contributed by atoms with Gasteiger partial charge < -0.3 is 14.9 Å². The summed E-state index contributed by atoms with van der Waals surface area (Å²) in [7, 11) is 1.66. The topological polar surface area (TPSA) is 52.5 Å². The van der Waals surface area contributed by atoms with E-state index in [2.05, 4.69) is 26.4 Å². The third-order valence-electron chi connectivity index (χ3n) is 3.53. The smallest absolute Gasteiger partial charge is 0.140 e. The first kappa shape index (κ1) is 14.1. The van der Waals surface area contributed by atoms with E-state index in [1.165, 1.54) is 0 Å². The minimum Gasteiger partial charge on any atom is -0.497 e. The normalized spacial score (nSPS) is 11.0. The molecule has 21 heavy (non-hydrogen) atoms. The largest absolute Gasteiger partial charge is 0.497 e. The van der Waals surface area contributed by atoms with Gasteiger partial charge >= 0.3 is 0 Å². The number of pyridine rings is 1.